The number of alkyl halides is 1. The Labute approximate surface area is 102 Å². The molecule has 4 N–H and O–H groups in total. The Kier molecular flexibility index (Phi) is 3.60. The molecule has 2 rings (SSSR count). The summed E-state index contributed by atoms with van der Waals surface area (Å²) in [6.45, 7) is -1.33. The molecule has 1 saturated heterocycles. The van der Waals surface area contributed by atoms with Crippen LogP contribution in [0.1, 0.15) is 6.23 Å². The van der Waals surface area contributed by atoms with Crippen LogP contribution in [-0.4, -0.2) is 45.3 Å². The topological polar surface area (TPSA) is 111 Å². The number of aliphatic hydroxyl groups is 2. The molecule has 0 aliphatic carbocycles. The molecule has 1 fully saturated rings. The van der Waals surface area contributed by atoms with Gasteiger partial charge in [0.2, 0.25) is 0 Å². The van der Waals surface area contributed by atoms with Crippen LogP contribution < -0.4 is 11.4 Å². The minimum Gasteiger partial charge on any atom is -0.394 e. The van der Waals surface area contributed by atoms with Gasteiger partial charge in [-0.2, -0.15) is 4.98 Å². The van der Waals surface area contributed by atoms with Gasteiger partial charge in [0.25, 0.3) is 0 Å². The standard InChI is InChI=1S/C10H14FN3O4/c11-3-5-8(16)6(4-15)18-9(5)14-2-1-7(12)13-10(14)17/h1-2,5-6,8-9,15-16H,3-4H2,(H2,12,13,17)/t5-,6-,8+,9-/m1/s1. The first-order chi connectivity index (χ1) is 8.58. The third kappa shape index (κ3) is 2.09. The highest BCUT2D eigenvalue weighted by Gasteiger charge is 2.44. The first-order valence-electron chi connectivity index (χ1n) is 5.43. The molecule has 7 nitrogen and oxygen atoms in total. The maximum Gasteiger partial charge on any atom is 0.351 e. The molecule has 1 aromatic rings. The van der Waals surface area contributed by atoms with Crippen molar-refractivity contribution in [3.63, 3.8) is 0 Å². The smallest absolute Gasteiger partial charge is 0.351 e. The minimum atomic E-state index is -1.17. The van der Waals surface area contributed by atoms with Gasteiger partial charge in [-0.1, -0.05) is 0 Å². The van der Waals surface area contributed by atoms with E-state index < -0.39 is 43.3 Å². The summed E-state index contributed by atoms with van der Waals surface area (Å²) in [5, 5.41) is 18.7. The lowest BCUT2D eigenvalue weighted by molar-refractivity contribution is -0.0485. The van der Waals surface area contributed by atoms with Gasteiger partial charge in [0, 0.05) is 6.20 Å². The summed E-state index contributed by atoms with van der Waals surface area (Å²) in [5.74, 6) is -0.879. The Balaban J connectivity index is 2.35. The summed E-state index contributed by atoms with van der Waals surface area (Å²) in [5.41, 5.74) is 4.65. The Morgan fingerprint density at radius 1 is 1.61 bits per heavy atom. The zero-order valence-corrected chi connectivity index (χ0v) is 9.44. The van der Waals surface area contributed by atoms with E-state index >= 15 is 0 Å². The fourth-order valence-electron chi connectivity index (χ4n) is 2.01. The quantitative estimate of drug-likeness (QED) is 0.619. The van der Waals surface area contributed by atoms with Crippen LogP contribution in [0.2, 0.25) is 0 Å². The number of ether oxygens (including phenoxy) is 1. The van der Waals surface area contributed by atoms with E-state index in [0.29, 0.717) is 0 Å². The minimum absolute atomic E-state index is 0.0466. The third-order valence-corrected chi connectivity index (χ3v) is 2.98. The van der Waals surface area contributed by atoms with Crippen LogP contribution in [0.3, 0.4) is 0 Å². The average Bonchev–Trinajstić information content (AvgIpc) is 2.65. The van der Waals surface area contributed by atoms with Gasteiger partial charge >= 0.3 is 5.69 Å². The lowest BCUT2D eigenvalue weighted by Crippen LogP contribution is -2.33. The number of anilines is 1. The van der Waals surface area contributed by atoms with Crippen LogP contribution in [0.15, 0.2) is 17.1 Å². The summed E-state index contributed by atoms with van der Waals surface area (Å²) in [6, 6.07) is 1.37. The molecule has 0 saturated carbocycles. The largest absolute Gasteiger partial charge is 0.394 e. The van der Waals surface area contributed by atoms with Gasteiger partial charge in [-0.25, -0.2) is 4.79 Å². The normalized spacial score (nSPS) is 31.7. The second-order valence-electron chi connectivity index (χ2n) is 4.10. The predicted octanol–water partition coefficient (Wildman–Crippen LogP) is -1.34. The summed E-state index contributed by atoms with van der Waals surface area (Å²) < 4.78 is 19.3. The summed E-state index contributed by atoms with van der Waals surface area (Å²) in [6.07, 6.45) is -1.76. The van der Waals surface area contributed by atoms with E-state index in [4.69, 9.17) is 15.6 Å². The molecule has 0 aromatic carbocycles. The Morgan fingerprint density at radius 2 is 2.33 bits per heavy atom. The highest BCUT2D eigenvalue weighted by atomic mass is 19.1. The molecule has 8 heteroatoms. The fourth-order valence-corrected chi connectivity index (χ4v) is 2.01. The van der Waals surface area contributed by atoms with Crippen molar-refractivity contribution in [3.8, 4) is 0 Å². The Bertz CT molecular complexity index is 480. The second kappa shape index (κ2) is 5.01. The molecule has 100 valence electrons. The molecule has 0 bridgehead atoms. The number of nitrogens with two attached hydrogens (primary N) is 1. The van der Waals surface area contributed by atoms with E-state index in [-0.39, 0.29) is 5.82 Å². The Hall–Kier alpha value is -1.51. The lowest BCUT2D eigenvalue weighted by atomic mass is 10.0. The summed E-state index contributed by atoms with van der Waals surface area (Å²) >= 11 is 0. The highest BCUT2D eigenvalue weighted by Crippen LogP contribution is 2.34. The molecule has 4 atom stereocenters. The lowest BCUT2D eigenvalue weighted by Gasteiger charge is -2.18. The number of hydrogen-bond acceptors (Lipinski definition) is 6. The van der Waals surface area contributed by atoms with Crippen molar-refractivity contribution in [2.24, 2.45) is 5.92 Å². The maximum absolute atomic E-state index is 12.9. The molecule has 0 radical (unpaired) electrons. The first-order valence-corrected chi connectivity index (χ1v) is 5.43. The number of rotatable bonds is 3. The average molecular weight is 259 g/mol. The van der Waals surface area contributed by atoms with Gasteiger partial charge < -0.3 is 20.7 Å². The van der Waals surface area contributed by atoms with Crippen molar-refractivity contribution < 1.29 is 19.3 Å². The van der Waals surface area contributed by atoms with Gasteiger partial charge in [0.1, 0.15) is 18.1 Å². The van der Waals surface area contributed by atoms with E-state index in [1.165, 1.54) is 12.3 Å². The van der Waals surface area contributed by atoms with Crippen LogP contribution in [0.25, 0.3) is 0 Å². The van der Waals surface area contributed by atoms with E-state index in [2.05, 4.69) is 4.98 Å². The van der Waals surface area contributed by atoms with Gasteiger partial charge in [0.15, 0.2) is 0 Å². The van der Waals surface area contributed by atoms with Gasteiger partial charge in [0.05, 0.1) is 25.3 Å². The zero-order chi connectivity index (χ0) is 13.3. The summed E-state index contributed by atoms with van der Waals surface area (Å²) in [7, 11) is 0. The van der Waals surface area contributed by atoms with Crippen LogP contribution >= 0.6 is 0 Å². The first kappa shape index (κ1) is 12.9. The van der Waals surface area contributed by atoms with Crippen molar-refractivity contribution in [1.29, 1.82) is 0 Å². The van der Waals surface area contributed by atoms with Crippen molar-refractivity contribution in [1.82, 2.24) is 9.55 Å². The third-order valence-electron chi connectivity index (χ3n) is 2.98. The number of aromatic nitrogens is 2. The number of nitrogen functional groups attached to an aromatic ring is 1. The molecule has 18 heavy (non-hydrogen) atoms. The highest BCUT2D eigenvalue weighted by molar-refractivity contribution is 5.23. The van der Waals surface area contributed by atoms with Crippen molar-refractivity contribution in [2.75, 3.05) is 19.0 Å². The van der Waals surface area contributed by atoms with Crippen LogP contribution in [-0.2, 0) is 4.74 Å². The van der Waals surface area contributed by atoms with Crippen LogP contribution in [0.4, 0.5) is 10.2 Å². The molecule has 1 aliphatic heterocycles. The molecule has 1 aromatic heterocycles. The number of hydrogen-bond donors (Lipinski definition) is 3. The second-order valence-corrected chi connectivity index (χ2v) is 4.10. The van der Waals surface area contributed by atoms with E-state index in [1.54, 1.807) is 0 Å². The van der Waals surface area contributed by atoms with Gasteiger partial charge in [-0.05, 0) is 6.07 Å². The van der Waals surface area contributed by atoms with Crippen molar-refractivity contribution in [3.05, 3.63) is 22.7 Å². The number of nitrogens with zero attached hydrogens (tertiary/aromatic N) is 2. The van der Waals surface area contributed by atoms with Crippen LogP contribution in [0, 0.1) is 5.92 Å². The van der Waals surface area contributed by atoms with E-state index in [9.17, 15) is 14.3 Å². The molecular formula is C10H14FN3O4. The number of aliphatic hydroxyl groups excluding tert-OH is 2. The molecule has 0 spiro atoms. The fraction of sp³-hybridized carbons (Fsp3) is 0.600. The summed E-state index contributed by atoms with van der Waals surface area (Å²) in [4.78, 5) is 15.1. The van der Waals surface area contributed by atoms with Crippen molar-refractivity contribution >= 4 is 5.82 Å². The molecular weight excluding hydrogens is 245 g/mol. The Morgan fingerprint density at radius 3 is 2.89 bits per heavy atom. The van der Waals surface area contributed by atoms with E-state index in [1.807, 2.05) is 0 Å². The SMILES string of the molecule is Nc1ccn([C@@H]2O[C@H](CO)[C@@H](O)[C@H]2CF)c(=O)n1. The monoisotopic (exact) mass is 259 g/mol. The molecule has 0 unspecified atom stereocenters. The molecule has 1 aliphatic rings. The maximum atomic E-state index is 12.9. The van der Waals surface area contributed by atoms with Crippen molar-refractivity contribution in [2.45, 2.75) is 18.4 Å². The molecule has 0 amide bonds. The zero-order valence-electron chi connectivity index (χ0n) is 9.44. The van der Waals surface area contributed by atoms with E-state index in [0.717, 1.165) is 4.57 Å². The number of halogens is 1. The van der Waals surface area contributed by atoms with Gasteiger partial charge in [-0.3, -0.25) is 8.96 Å². The van der Waals surface area contributed by atoms with Gasteiger partial charge in [-0.15, -0.1) is 0 Å². The molecule has 2 heterocycles. The van der Waals surface area contributed by atoms with Crippen LogP contribution in [0.5, 0.6) is 0 Å². The predicted molar refractivity (Wildman–Crippen MR) is 59.4 cm³/mol.